The molecule has 0 aliphatic rings. The van der Waals surface area contributed by atoms with Crippen LogP contribution in [-0.4, -0.2) is 50.8 Å². The zero-order valence-corrected chi connectivity index (χ0v) is 23.3. The topological polar surface area (TPSA) is 86.8 Å². The standard InChI is InChI=1S/C29H32F3N3O4S/c1-4-33-28(37)22(3)34(18-17-23-9-6-5-7-10-23)27(36)20-35(25-12-8-11-24(19-25)29(30,31)32)40(38,39)26-15-13-21(2)14-16-26/h5-16,19,22H,4,17-18,20H2,1-3H3,(H,33,37). The normalized spacial score (nSPS) is 12.4. The first-order valence-electron chi connectivity index (χ1n) is 12.7. The number of nitrogens with one attached hydrogen (secondary N) is 1. The predicted molar refractivity (Wildman–Crippen MR) is 147 cm³/mol. The number of amides is 2. The molecule has 2 amide bonds. The minimum absolute atomic E-state index is 0.0855. The lowest BCUT2D eigenvalue weighted by atomic mass is 10.1. The van der Waals surface area contributed by atoms with E-state index in [2.05, 4.69) is 5.32 Å². The summed E-state index contributed by atoms with van der Waals surface area (Å²) in [4.78, 5) is 27.5. The molecule has 1 unspecified atom stereocenters. The van der Waals surface area contributed by atoms with Gasteiger partial charge in [-0.15, -0.1) is 0 Å². The average Bonchev–Trinajstić information content (AvgIpc) is 2.92. The van der Waals surface area contributed by atoms with Crippen molar-refractivity contribution in [1.29, 1.82) is 0 Å². The highest BCUT2D eigenvalue weighted by Gasteiger charge is 2.35. The van der Waals surface area contributed by atoms with Gasteiger partial charge in [0.25, 0.3) is 10.0 Å². The van der Waals surface area contributed by atoms with E-state index in [1.807, 2.05) is 30.3 Å². The summed E-state index contributed by atoms with van der Waals surface area (Å²) in [5.74, 6) is -1.17. The van der Waals surface area contributed by atoms with Crippen LogP contribution in [0.2, 0.25) is 0 Å². The highest BCUT2D eigenvalue weighted by molar-refractivity contribution is 7.92. The summed E-state index contributed by atoms with van der Waals surface area (Å²) in [5, 5.41) is 2.66. The van der Waals surface area contributed by atoms with Crippen molar-refractivity contribution in [3.63, 3.8) is 0 Å². The number of carbonyl (C=O) groups excluding carboxylic acids is 2. The van der Waals surface area contributed by atoms with Crippen LogP contribution < -0.4 is 9.62 Å². The van der Waals surface area contributed by atoms with Crippen LogP contribution in [0.25, 0.3) is 0 Å². The van der Waals surface area contributed by atoms with Crippen molar-refractivity contribution in [2.24, 2.45) is 0 Å². The van der Waals surface area contributed by atoms with E-state index in [9.17, 15) is 31.2 Å². The number of hydrogen-bond acceptors (Lipinski definition) is 4. The minimum atomic E-state index is -4.73. The third-order valence-corrected chi connectivity index (χ3v) is 8.14. The molecule has 3 aromatic rings. The maximum Gasteiger partial charge on any atom is 0.416 e. The van der Waals surface area contributed by atoms with Crippen molar-refractivity contribution >= 4 is 27.5 Å². The van der Waals surface area contributed by atoms with Gasteiger partial charge in [-0.2, -0.15) is 13.2 Å². The van der Waals surface area contributed by atoms with Gasteiger partial charge < -0.3 is 10.2 Å². The second-order valence-electron chi connectivity index (χ2n) is 9.27. The van der Waals surface area contributed by atoms with Crippen LogP contribution in [0.1, 0.15) is 30.5 Å². The number of rotatable bonds is 11. The zero-order chi connectivity index (χ0) is 29.5. The van der Waals surface area contributed by atoms with E-state index in [0.717, 1.165) is 23.3 Å². The monoisotopic (exact) mass is 575 g/mol. The zero-order valence-electron chi connectivity index (χ0n) is 22.5. The quantitative estimate of drug-likeness (QED) is 0.356. The molecule has 0 aliphatic carbocycles. The SMILES string of the molecule is CCNC(=O)C(C)N(CCc1ccccc1)C(=O)CN(c1cccc(C(F)(F)F)c1)S(=O)(=O)c1ccc(C)cc1. The molecule has 40 heavy (non-hydrogen) atoms. The van der Waals surface area contributed by atoms with Crippen LogP contribution in [0.4, 0.5) is 18.9 Å². The maximum absolute atomic E-state index is 13.7. The van der Waals surface area contributed by atoms with Crippen molar-refractivity contribution in [2.75, 3.05) is 23.9 Å². The fourth-order valence-corrected chi connectivity index (χ4v) is 5.50. The third-order valence-electron chi connectivity index (χ3n) is 6.35. The van der Waals surface area contributed by atoms with Crippen LogP contribution in [0.5, 0.6) is 0 Å². The summed E-state index contributed by atoms with van der Waals surface area (Å²) < 4.78 is 68.7. The first kappa shape index (κ1) is 30.7. The molecule has 1 atom stereocenters. The lowest BCUT2D eigenvalue weighted by molar-refractivity contribution is -0.138. The molecule has 0 bridgehead atoms. The number of alkyl halides is 3. The van der Waals surface area contributed by atoms with Gasteiger partial charge >= 0.3 is 6.18 Å². The molecule has 0 spiro atoms. The molecule has 3 aromatic carbocycles. The third kappa shape index (κ3) is 7.62. The number of anilines is 1. The van der Waals surface area contributed by atoms with Gasteiger partial charge in [-0.25, -0.2) is 8.42 Å². The molecule has 0 aromatic heterocycles. The van der Waals surface area contributed by atoms with Crippen LogP contribution in [0.15, 0.2) is 83.8 Å². The van der Waals surface area contributed by atoms with Crippen LogP contribution in [0.3, 0.4) is 0 Å². The van der Waals surface area contributed by atoms with Gasteiger partial charge in [-0.1, -0.05) is 54.1 Å². The van der Waals surface area contributed by atoms with Gasteiger partial charge in [-0.3, -0.25) is 13.9 Å². The number of likely N-dealkylation sites (N-methyl/N-ethyl adjacent to an activating group) is 1. The van der Waals surface area contributed by atoms with Crippen molar-refractivity contribution in [2.45, 2.75) is 44.3 Å². The van der Waals surface area contributed by atoms with Gasteiger partial charge in [0.2, 0.25) is 11.8 Å². The Morgan fingerprint density at radius 1 is 0.950 bits per heavy atom. The first-order chi connectivity index (χ1) is 18.8. The summed E-state index contributed by atoms with van der Waals surface area (Å²) in [6, 6.07) is 17.9. The molecule has 0 fully saturated rings. The number of aryl methyl sites for hydroxylation is 1. The maximum atomic E-state index is 13.7. The van der Waals surface area contributed by atoms with Crippen molar-refractivity contribution in [3.8, 4) is 0 Å². The van der Waals surface area contributed by atoms with Gasteiger partial charge in [-0.05, 0) is 63.1 Å². The smallest absolute Gasteiger partial charge is 0.355 e. The van der Waals surface area contributed by atoms with E-state index in [1.54, 1.807) is 26.0 Å². The fraction of sp³-hybridized carbons (Fsp3) is 0.310. The Bertz CT molecular complexity index is 1410. The second kappa shape index (κ2) is 13.0. The number of halogens is 3. The number of nitrogens with zero attached hydrogens (tertiary/aromatic N) is 2. The number of benzene rings is 3. The van der Waals surface area contributed by atoms with Gasteiger partial charge in [0, 0.05) is 13.1 Å². The molecule has 214 valence electrons. The molecular weight excluding hydrogens is 543 g/mol. The Hall–Kier alpha value is -3.86. The molecule has 7 nitrogen and oxygen atoms in total. The Morgan fingerprint density at radius 3 is 2.20 bits per heavy atom. The molecule has 3 rings (SSSR count). The second-order valence-corrected chi connectivity index (χ2v) is 11.1. The van der Waals surface area contributed by atoms with Crippen LogP contribution in [-0.2, 0) is 32.2 Å². The fourth-order valence-electron chi connectivity index (χ4n) is 4.10. The van der Waals surface area contributed by atoms with E-state index >= 15 is 0 Å². The largest absolute Gasteiger partial charge is 0.416 e. The average molecular weight is 576 g/mol. The summed E-state index contributed by atoms with van der Waals surface area (Å²) in [6.07, 6.45) is -4.35. The van der Waals surface area contributed by atoms with E-state index in [1.165, 1.54) is 30.0 Å². The highest BCUT2D eigenvalue weighted by atomic mass is 32.2. The van der Waals surface area contributed by atoms with E-state index in [-0.39, 0.29) is 17.1 Å². The first-order valence-corrected chi connectivity index (χ1v) is 14.2. The molecule has 1 N–H and O–H groups in total. The minimum Gasteiger partial charge on any atom is -0.355 e. The molecular formula is C29H32F3N3O4S. The molecule has 0 heterocycles. The van der Waals surface area contributed by atoms with Crippen molar-refractivity contribution in [3.05, 3.63) is 95.6 Å². The Morgan fingerprint density at radius 2 is 1.60 bits per heavy atom. The molecule has 0 aliphatic heterocycles. The van der Waals surface area contributed by atoms with Crippen LogP contribution in [0, 0.1) is 6.92 Å². The Kier molecular flexibility index (Phi) is 9.97. The molecule has 0 saturated heterocycles. The lowest BCUT2D eigenvalue weighted by Gasteiger charge is -2.32. The molecule has 0 radical (unpaired) electrons. The van der Waals surface area contributed by atoms with E-state index in [0.29, 0.717) is 23.3 Å². The summed E-state index contributed by atoms with van der Waals surface area (Å²) in [5.41, 5.74) is 0.296. The predicted octanol–water partition coefficient (Wildman–Crippen LogP) is 4.81. The summed E-state index contributed by atoms with van der Waals surface area (Å²) in [7, 11) is -4.47. The number of carbonyl (C=O) groups is 2. The number of sulfonamides is 1. The van der Waals surface area contributed by atoms with Gasteiger partial charge in [0.05, 0.1) is 16.1 Å². The van der Waals surface area contributed by atoms with Crippen LogP contribution >= 0.6 is 0 Å². The Labute approximate surface area is 232 Å². The lowest BCUT2D eigenvalue weighted by Crippen LogP contribution is -2.52. The number of hydrogen-bond donors (Lipinski definition) is 1. The molecule has 11 heteroatoms. The summed E-state index contributed by atoms with van der Waals surface area (Å²) in [6.45, 7) is 4.61. The van der Waals surface area contributed by atoms with Gasteiger partial charge in [0.1, 0.15) is 12.6 Å². The Balaban J connectivity index is 2.04. The molecule has 0 saturated carbocycles. The highest BCUT2D eigenvalue weighted by Crippen LogP contribution is 2.33. The summed E-state index contributed by atoms with van der Waals surface area (Å²) >= 11 is 0. The van der Waals surface area contributed by atoms with Crippen molar-refractivity contribution in [1.82, 2.24) is 10.2 Å². The van der Waals surface area contributed by atoms with Crippen molar-refractivity contribution < 1.29 is 31.2 Å². The van der Waals surface area contributed by atoms with E-state index < -0.39 is 46.2 Å². The van der Waals surface area contributed by atoms with Gasteiger partial charge in [0.15, 0.2) is 0 Å². The van der Waals surface area contributed by atoms with E-state index in [4.69, 9.17) is 0 Å².